The minimum Gasteiger partial charge on any atom is -0.354 e. The summed E-state index contributed by atoms with van der Waals surface area (Å²) in [4.78, 5) is 7.39. The Morgan fingerprint density at radius 1 is 1.05 bits per heavy atom. The van der Waals surface area contributed by atoms with E-state index in [1.54, 1.807) is 0 Å². The van der Waals surface area contributed by atoms with Crippen molar-refractivity contribution in [1.82, 2.24) is 4.98 Å². The lowest BCUT2D eigenvalue weighted by Crippen LogP contribution is -2.38. The molecule has 0 atom stereocenters. The number of fused-ring (bicyclic) bond motifs is 1. The van der Waals surface area contributed by atoms with Crippen LogP contribution in [0, 0.1) is 0 Å². The Bertz CT molecular complexity index is 575. The van der Waals surface area contributed by atoms with Crippen LogP contribution >= 0.6 is 0 Å². The molecule has 1 aromatic carbocycles. The molecule has 0 saturated heterocycles. The highest BCUT2D eigenvalue weighted by Crippen LogP contribution is 2.27. The lowest BCUT2D eigenvalue weighted by molar-refractivity contribution is 0.411. The minimum absolute atomic E-state index is 0.638. The highest BCUT2D eigenvalue weighted by Gasteiger charge is 2.22. The van der Waals surface area contributed by atoms with E-state index in [9.17, 15) is 0 Å². The van der Waals surface area contributed by atoms with E-state index in [0.29, 0.717) is 6.04 Å². The van der Waals surface area contributed by atoms with Crippen LogP contribution in [-0.4, -0.2) is 24.1 Å². The van der Waals surface area contributed by atoms with E-state index in [2.05, 4.69) is 41.3 Å². The Hall–Kier alpha value is -1.61. The Labute approximate surface area is 127 Å². The summed E-state index contributed by atoms with van der Waals surface area (Å²) in [5.74, 6) is 1.12. The SMILES string of the molecule is NCCCN(c1ccc2ccccc2n1)C1CCCCC1. The zero-order chi connectivity index (χ0) is 14.5. The number of rotatable bonds is 5. The summed E-state index contributed by atoms with van der Waals surface area (Å²) >= 11 is 0. The number of nitrogens with zero attached hydrogens (tertiary/aromatic N) is 2. The number of benzene rings is 1. The van der Waals surface area contributed by atoms with E-state index < -0.39 is 0 Å². The molecule has 21 heavy (non-hydrogen) atoms. The van der Waals surface area contributed by atoms with Crippen LogP contribution in [0.25, 0.3) is 10.9 Å². The molecule has 0 amide bonds. The number of aromatic nitrogens is 1. The van der Waals surface area contributed by atoms with E-state index in [-0.39, 0.29) is 0 Å². The summed E-state index contributed by atoms with van der Waals surface area (Å²) in [6.45, 7) is 1.77. The van der Waals surface area contributed by atoms with Crippen LogP contribution in [0.15, 0.2) is 36.4 Å². The average Bonchev–Trinajstić information content (AvgIpc) is 2.56. The van der Waals surface area contributed by atoms with Crippen molar-refractivity contribution in [2.24, 2.45) is 5.73 Å². The molecule has 1 aromatic heterocycles. The van der Waals surface area contributed by atoms with Gasteiger partial charge in [0.2, 0.25) is 0 Å². The molecule has 1 fully saturated rings. The smallest absolute Gasteiger partial charge is 0.129 e. The fraction of sp³-hybridized carbons (Fsp3) is 0.500. The Morgan fingerprint density at radius 3 is 2.67 bits per heavy atom. The number of anilines is 1. The highest BCUT2D eigenvalue weighted by atomic mass is 15.2. The third kappa shape index (κ3) is 3.35. The van der Waals surface area contributed by atoms with Gasteiger partial charge < -0.3 is 10.6 Å². The molecule has 1 saturated carbocycles. The lowest BCUT2D eigenvalue weighted by Gasteiger charge is -2.35. The van der Waals surface area contributed by atoms with Crippen LogP contribution in [-0.2, 0) is 0 Å². The monoisotopic (exact) mass is 283 g/mol. The van der Waals surface area contributed by atoms with Gasteiger partial charge >= 0.3 is 0 Å². The quantitative estimate of drug-likeness (QED) is 0.909. The molecule has 3 rings (SSSR count). The maximum absolute atomic E-state index is 5.73. The zero-order valence-corrected chi connectivity index (χ0v) is 12.7. The standard InChI is InChI=1S/C18H25N3/c19-13-6-14-21(16-8-2-1-3-9-16)18-12-11-15-7-4-5-10-17(15)20-18/h4-5,7,10-12,16H,1-3,6,8-9,13-14,19H2. The second kappa shape index (κ2) is 6.90. The van der Waals surface area contributed by atoms with E-state index in [0.717, 1.165) is 30.8 Å². The minimum atomic E-state index is 0.638. The molecule has 2 aromatic rings. The van der Waals surface area contributed by atoms with Crippen molar-refractivity contribution in [1.29, 1.82) is 0 Å². The Kier molecular flexibility index (Phi) is 4.71. The normalized spacial score (nSPS) is 16.2. The second-order valence-electron chi connectivity index (χ2n) is 5.99. The van der Waals surface area contributed by atoms with Gasteiger partial charge in [-0.25, -0.2) is 4.98 Å². The van der Waals surface area contributed by atoms with Crippen LogP contribution < -0.4 is 10.6 Å². The first kappa shape index (κ1) is 14.3. The fourth-order valence-corrected chi connectivity index (χ4v) is 3.35. The van der Waals surface area contributed by atoms with Crippen molar-refractivity contribution in [3.8, 4) is 0 Å². The largest absolute Gasteiger partial charge is 0.354 e. The van der Waals surface area contributed by atoms with Crippen molar-refractivity contribution >= 4 is 16.7 Å². The van der Waals surface area contributed by atoms with Crippen molar-refractivity contribution in [2.45, 2.75) is 44.6 Å². The van der Waals surface area contributed by atoms with Gasteiger partial charge in [0.25, 0.3) is 0 Å². The molecule has 112 valence electrons. The lowest BCUT2D eigenvalue weighted by atomic mass is 9.94. The van der Waals surface area contributed by atoms with Crippen molar-refractivity contribution in [3.63, 3.8) is 0 Å². The molecular formula is C18H25N3. The molecule has 0 radical (unpaired) electrons. The van der Waals surface area contributed by atoms with Crippen LogP contribution in [0.2, 0.25) is 0 Å². The fourth-order valence-electron chi connectivity index (χ4n) is 3.35. The van der Waals surface area contributed by atoms with E-state index >= 15 is 0 Å². The van der Waals surface area contributed by atoms with E-state index in [1.807, 2.05) is 0 Å². The third-order valence-corrected chi connectivity index (χ3v) is 4.50. The summed E-state index contributed by atoms with van der Waals surface area (Å²) in [6, 6.07) is 13.3. The molecule has 1 heterocycles. The molecule has 1 aliphatic rings. The van der Waals surface area contributed by atoms with Gasteiger partial charge in [0, 0.05) is 18.0 Å². The van der Waals surface area contributed by atoms with Gasteiger partial charge in [-0.05, 0) is 44.0 Å². The number of pyridine rings is 1. The molecule has 3 heteroatoms. The van der Waals surface area contributed by atoms with Gasteiger partial charge in [-0.1, -0.05) is 37.5 Å². The van der Waals surface area contributed by atoms with Crippen LogP contribution in [0.3, 0.4) is 0 Å². The maximum atomic E-state index is 5.73. The summed E-state index contributed by atoms with van der Waals surface area (Å²) in [7, 11) is 0. The first-order valence-corrected chi connectivity index (χ1v) is 8.21. The van der Waals surface area contributed by atoms with Crippen molar-refractivity contribution in [2.75, 3.05) is 18.0 Å². The average molecular weight is 283 g/mol. The molecule has 0 unspecified atom stereocenters. The third-order valence-electron chi connectivity index (χ3n) is 4.50. The molecule has 3 nitrogen and oxygen atoms in total. The number of para-hydroxylation sites is 1. The van der Waals surface area contributed by atoms with Crippen molar-refractivity contribution in [3.05, 3.63) is 36.4 Å². The van der Waals surface area contributed by atoms with Crippen LogP contribution in [0.4, 0.5) is 5.82 Å². The van der Waals surface area contributed by atoms with Gasteiger partial charge in [-0.15, -0.1) is 0 Å². The first-order valence-electron chi connectivity index (χ1n) is 8.21. The van der Waals surface area contributed by atoms with Gasteiger partial charge in [0.05, 0.1) is 5.52 Å². The predicted octanol–water partition coefficient (Wildman–Crippen LogP) is 3.72. The zero-order valence-electron chi connectivity index (χ0n) is 12.7. The summed E-state index contributed by atoms with van der Waals surface area (Å²) in [5.41, 5.74) is 6.81. The summed E-state index contributed by atoms with van der Waals surface area (Å²) in [5, 5.41) is 1.21. The number of hydrogen-bond acceptors (Lipinski definition) is 3. The molecule has 0 aliphatic heterocycles. The molecule has 2 N–H and O–H groups in total. The number of nitrogens with two attached hydrogens (primary N) is 1. The van der Waals surface area contributed by atoms with Crippen molar-refractivity contribution < 1.29 is 0 Å². The molecule has 1 aliphatic carbocycles. The van der Waals surface area contributed by atoms with Gasteiger partial charge in [0.1, 0.15) is 5.82 Å². The topological polar surface area (TPSA) is 42.1 Å². The van der Waals surface area contributed by atoms with Crippen LogP contribution in [0.5, 0.6) is 0 Å². The maximum Gasteiger partial charge on any atom is 0.129 e. The van der Waals surface area contributed by atoms with E-state index in [1.165, 1.54) is 37.5 Å². The number of hydrogen-bond donors (Lipinski definition) is 1. The summed E-state index contributed by atoms with van der Waals surface area (Å²) in [6.07, 6.45) is 7.68. The predicted molar refractivity (Wildman–Crippen MR) is 89.6 cm³/mol. The highest BCUT2D eigenvalue weighted by molar-refractivity contribution is 5.80. The Balaban J connectivity index is 1.88. The second-order valence-corrected chi connectivity index (χ2v) is 5.99. The van der Waals surface area contributed by atoms with Crippen LogP contribution in [0.1, 0.15) is 38.5 Å². The molecule has 0 spiro atoms. The first-order chi connectivity index (χ1) is 10.4. The van der Waals surface area contributed by atoms with Gasteiger partial charge in [-0.2, -0.15) is 0 Å². The van der Waals surface area contributed by atoms with E-state index in [4.69, 9.17) is 10.7 Å². The molecular weight excluding hydrogens is 258 g/mol. The summed E-state index contributed by atoms with van der Waals surface area (Å²) < 4.78 is 0. The van der Waals surface area contributed by atoms with Gasteiger partial charge in [-0.3, -0.25) is 0 Å². The van der Waals surface area contributed by atoms with Gasteiger partial charge in [0.15, 0.2) is 0 Å². The Morgan fingerprint density at radius 2 is 1.86 bits per heavy atom. The molecule has 0 bridgehead atoms.